The minimum atomic E-state index is -0.569. The van der Waals surface area contributed by atoms with Gasteiger partial charge in [-0.15, -0.1) is 11.3 Å². The first-order chi connectivity index (χ1) is 13.5. The van der Waals surface area contributed by atoms with Crippen LogP contribution in [0.5, 0.6) is 5.75 Å². The van der Waals surface area contributed by atoms with Gasteiger partial charge in [-0.1, -0.05) is 11.6 Å². The van der Waals surface area contributed by atoms with E-state index >= 15 is 0 Å². The van der Waals surface area contributed by atoms with Crippen molar-refractivity contribution in [3.05, 3.63) is 68.5 Å². The van der Waals surface area contributed by atoms with Crippen molar-refractivity contribution in [2.45, 2.75) is 6.42 Å². The van der Waals surface area contributed by atoms with Crippen LogP contribution in [0.15, 0.2) is 46.7 Å². The van der Waals surface area contributed by atoms with Crippen LogP contribution >= 0.6 is 22.9 Å². The predicted octanol–water partition coefficient (Wildman–Crippen LogP) is 2.93. The number of hydrogen-bond acceptors (Lipinski definition) is 6. The van der Waals surface area contributed by atoms with Gasteiger partial charge in [-0.2, -0.15) is 0 Å². The largest absolute Gasteiger partial charge is 0.495 e. The molecule has 144 valence electrons. The number of rotatable bonds is 6. The highest BCUT2D eigenvalue weighted by atomic mass is 35.5. The molecule has 0 aliphatic carbocycles. The number of H-pyrrole nitrogens is 1. The van der Waals surface area contributed by atoms with Crippen LogP contribution in [-0.2, 0) is 11.2 Å². The van der Waals surface area contributed by atoms with Crippen LogP contribution in [0, 0.1) is 0 Å². The van der Waals surface area contributed by atoms with Crippen LogP contribution in [-0.4, -0.2) is 28.9 Å². The Morgan fingerprint density at radius 1 is 1.29 bits per heavy atom. The first-order valence-corrected chi connectivity index (χ1v) is 9.29. The molecule has 2 heterocycles. The summed E-state index contributed by atoms with van der Waals surface area (Å²) in [6, 6.07) is 7.88. The zero-order chi connectivity index (χ0) is 20.1. The van der Waals surface area contributed by atoms with Crippen molar-refractivity contribution in [3.63, 3.8) is 0 Å². The summed E-state index contributed by atoms with van der Waals surface area (Å²) >= 11 is 7.20. The number of aromatic amines is 1. The Morgan fingerprint density at radius 3 is 2.82 bits per heavy atom. The first kappa shape index (κ1) is 19.6. The topological polar surface area (TPSA) is 113 Å². The molecule has 3 N–H and O–H groups in total. The molecule has 0 spiro atoms. The van der Waals surface area contributed by atoms with Gasteiger partial charge in [0, 0.05) is 17.3 Å². The molecule has 0 unspecified atom stereocenters. The monoisotopic (exact) mass is 418 g/mol. The van der Waals surface area contributed by atoms with Crippen LogP contribution in [0.3, 0.4) is 0 Å². The average molecular weight is 419 g/mol. The summed E-state index contributed by atoms with van der Waals surface area (Å²) < 4.78 is 5.07. The van der Waals surface area contributed by atoms with E-state index in [4.69, 9.17) is 16.3 Å². The third kappa shape index (κ3) is 4.76. The minimum absolute atomic E-state index is 0.0158. The van der Waals surface area contributed by atoms with Gasteiger partial charge in [0.05, 0.1) is 24.2 Å². The lowest BCUT2D eigenvalue weighted by molar-refractivity contribution is -0.115. The van der Waals surface area contributed by atoms with Crippen molar-refractivity contribution in [2.24, 2.45) is 0 Å². The predicted molar refractivity (Wildman–Crippen MR) is 107 cm³/mol. The molecule has 8 nitrogen and oxygen atoms in total. The number of carbonyl (C=O) groups is 2. The SMILES string of the molecule is COc1ccc(NC(=O)Cc2csc(NC(=O)c3ccc[nH]c3=O)n2)cc1Cl. The number of carbonyl (C=O) groups excluding carboxylic acids is 2. The van der Waals surface area contributed by atoms with Gasteiger partial charge in [0.25, 0.3) is 11.5 Å². The minimum Gasteiger partial charge on any atom is -0.495 e. The molecule has 3 rings (SSSR count). The maximum Gasteiger partial charge on any atom is 0.263 e. The van der Waals surface area contributed by atoms with Gasteiger partial charge in [0.15, 0.2) is 5.13 Å². The third-order valence-corrected chi connectivity index (χ3v) is 4.71. The van der Waals surface area contributed by atoms with Gasteiger partial charge in [-0.25, -0.2) is 4.98 Å². The van der Waals surface area contributed by atoms with Gasteiger partial charge >= 0.3 is 0 Å². The Kier molecular flexibility index (Phi) is 6.07. The molecule has 0 aliphatic heterocycles. The van der Waals surface area contributed by atoms with E-state index < -0.39 is 11.5 Å². The number of nitrogens with one attached hydrogen (secondary N) is 3. The van der Waals surface area contributed by atoms with Crippen molar-refractivity contribution in [2.75, 3.05) is 17.7 Å². The number of hydrogen-bond donors (Lipinski definition) is 3. The molecule has 10 heteroatoms. The number of thiazole rings is 1. The van der Waals surface area contributed by atoms with Gasteiger partial charge in [-0.05, 0) is 30.3 Å². The number of anilines is 2. The second kappa shape index (κ2) is 8.68. The Bertz CT molecular complexity index is 1080. The molecule has 0 bridgehead atoms. The molecular formula is C18H15ClN4O4S. The van der Waals surface area contributed by atoms with Crippen molar-refractivity contribution in [3.8, 4) is 5.75 Å². The molecule has 3 aromatic rings. The lowest BCUT2D eigenvalue weighted by Gasteiger charge is -2.07. The van der Waals surface area contributed by atoms with E-state index in [2.05, 4.69) is 20.6 Å². The van der Waals surface area contributed by atoms with Gasteiger partial charge in [0.2, 0.25) is 5.91 Å². The lowest BCUT2D eigenvalue weighted by atomic mass is 10.2. The number of halogens is 1. The number of methoxy groups -OCH3 is 1. The van der Waals surface area contributed by atoms with E-state index in [9.17, 15) is 14.4 Å². The molecule has 0 saturated heterocycles. The Hall–Kier alpha value is -3.17. The zero-order valence-corrected chi connectivity index (χ0v) is 16.2. The Morgan fingerprint density at radius 2 is 2.11 bits per heavy atom. The summed E-state index contributed by atoms with van der Waals surface area (Å²) in [6.45, 7) is 0. The van der Waals surface area contributed by atoms with Crippen LogP contribution in [0.25, 0.3) is 0 Å². The quantitative estimate of drug-likeness (QED) is 0.569. The fourth-order valence-electron chi connectivity index (χ4n) is 2.32. The van der Waals surface area contributed by atoms with Crippen molar-refractivity contribution in [1.82, 2.24) is 9.97 Å². The molecule has 2 aromatic heterocycles. The van der Waals surface area contributed by atoms with Gasteiger partial charge < -0.3 is 15.0 Å². The summed E-state index contributed by atoms with van der Waals surface area (Å²) in [5, 5.41) is 7.60. The lowest BCUT2D eigenvalue weighted by Crippen LogP contribution is -2.22. The van der Waals surface area contributed by atoms with E-state index in [1.165, 1.54) is 19.4 Å². The number of amides is 2. The van der Waals surface area contributed by atoms with E-state index in [-0.39, 0.29) is 17.9 Å². The maximum absolute atomic E-state index is 12.2. The van der Waals surface area contributed by atoms with Crippen molar-refractivity contribution >= 4 is 45.6 Å². The summed E-state index contributed by atoms with van der Waals surface area (Å²) in [6.07, 6.45) is 1.46. The third-order valence-electron chi connectivity index (χ3n) is 3.61. The molecule has 0 atom stereocenters. The van der Waals surface area contributed by atoms with Gasteiger partial charge in [-0.3, -0.25) is 19.7 Å². The number of pyridine rings is 1. The number of benzene rings is 1. The summed E-state index contributed by atoms with van der Waals surface area (Å²) in [5.74, 6) is -0.346. The number of aromatic nitrogens is 2. The van der Waals surface area contributed by atoms with Gasteiger partial charge in [0.1, 0.15) is 11.3 Å². The first-order valence-electron chi connectivity index (χ1n) is 8.03. The summed E-state index contributed by atoms with van der Waals surface area (Å²) in [5.41, 5.74) is 0.505. The highest BCUT2D eigenvalue weighted by Crippen LogP contribution is 2.27. The van der Waals surface area contributed by atoms with E-state index in [0.29, 0.717) is 27.3 Å². The highest BCUT2D eigenvalue weighted by molar-refractivity contribution is 7.14. The smallest absolute Gasteiger partial charge is 0.263 e. The highest BCUT2D eigenvalue weighted by Gasteiger charge is 2.14. The van der Waals surface area contributed by atoms with Crippen LogP contribution in [0.4, 0.5) is 10.8 Å². The standard InChI is InChI=1S/C18H15ClN4O4S/c1-27-14-5-4-10(7-13(14)19)21-15(24)8-11-9-28-18(22-11)23-17(26)12-3-2-6-20-16(12)25/h2-7,9H,8H2,1H3,(H,20,25)(H,21,24)(H,22,23,26). The number of ether oxygens (including phenoxy) is 1. The van der Waals surface area contributed by atoms with Crippen LogP contribution < -0.4 is 20.9 Å². The van der Waals surface area contributed by atoms with Crippen LogP contribution in [0.2, 0.25) is 5.02 Å². The van der Waals surface area contributed by atoms with E-state index in [1.807, 2.05) is 0 Å². The van der Waals surface area contributed by atoms with Crippen LogP contribution in [0.1, 0.15) is 16.1 Å². The van der Waals surface area contributed by atoms with E-state index in [0.717, 1.165) is 11.3 Å². The normalized spacial score (nSPS) is 10.4. The summed E-state index contributed by atoms with van der Waals surface area (Å²) in [4.78, 5) is 42.6. The molecule has 28 heavy (non-hydrogen) atoms. The fourth-order valence-corrected chi connectivity index (χ4v) is 3.29. The molecule has 0 aliphatic rings. The zero-order valence-electron chi connectivity index (χ0n) is 14.6. The molecular weight excluding hydrogens is 404 g/mol. The Balaban J connectivity index is 1.60. The summed E-state index contributed by atoms with van der Waals surface area (Å²) in [7, 11) is 1.51. The van der Waals surface area contributed by atoms with E-state index in [1.54, 1.807) is 29.6 Å². The molecule has 0 saturated carbocycles. The average Bonchev–Trinajstić information content (AvgIpc) is 3.08. The molecule has 0 fully saturated rings. The molecule has 1 aromatic carbocycles. The Labute approximate surface area is 168 Å². The van der Waals surface area contributed by atoms with Crippen molar-refractivity contribution in [1.29, 1.82) is 0 Å². The molecule has 0 radical (unpaired) electrons. The maximum atomic E-state index is 12.2. The second-order valence-electron chi connectivity index (χ2n) is 5.59. The fraction of sp³-hybridized carbons (Fsp3) is 0.111. The number of nitrogens with zero attached hydrogens (tertiary/aromatic N) is 1. The second-order valence-corrected chi connectivity index (χ2v) is 6.85. The van der Waals surface area contributed by atoms with Crippen molar-refractivity contribution < 1.29 is 14.3 Å². The molecule has 2 amide bonds.